The van der Waals surface area contributed by atoms with Crippen molar-refractivity contribution in [2.24, 2.45) is 10.4 Å². The lowest BCUT2D eigenvalue weighted by molar-refractivity contribution is 0.387. The molecule has 16 heavy (non-hydrogen) atoms. The van der Waals surface area contributed by atoms with Crippen molar-refractivity contribution in [3.8, 4) is 0 Å². The highest BCUT2D eigenvalue weighted by atomic mass is 14.7. The van der Waals surface area contributed by atoms with E-state index in [1.165, 1.54) is 23.3 Å². The first kappa shape index (κ1) is 13.1. The maximum atomic E-state index is 4.60. The molecule has 0 aliphatic heterocycles. The van der Waals surface area contributed by atoms with Crippen LogP contribution in [-0.2, 0) is 0 Å². The van der Waals surface area contributed by atoms with E-state index in [-0.39, 0.29) is 0 Å². The summed E-state index contributed by atoms with van der Waals surface area (Å²) in [6.45, 7) is 11.1. The molecule has 0 bridgehead atoms. The molecule has 0 N–H and O–H groups in total. The van der Waals surface area contributed by atoms with E-state index in [9.17, 15) is 0 Å². The van der Waals surface area contributed by atoms with Gasteiger partial charge in [-0.25, -0.2) is 6.42 Å². The number of aliphatic imine (C=N–C) groups is 1. The average Bonchev–Trinajstić information content (AvgIpc) is 2.14. The van der Waals surface area contributed by atoms with Crippen LogP contribution < -0.4 is 0 Å². The summed E-state index contributed by atoms with van der Waals surface area (Å²) in [5, 5.41) is 0. The van der Waals surface area contributed by atoms with Gasteiger partial charge < -0.3 is 4.99 Å². The molecule has 0 saturated carbocycles. The van der Waals surface area contributed by atoms with E-state index in [4.69, 9.17) is 0 Å². The van der Waals surface area contributed by atoms with Crippen LogP contribution in [0.25, 0.3) is 0 Å². The van der Waals surface area contributed by atoms with Gasteiger partial charge in [0.15, 0.2) is 0 Å². The third-order valence-electron chi connectivity index (χ3n) is 2.84. The zero-order valence-electron chi connectivity index (χ0n) is 11.3. The summed E-state index contributed by atoms with van der Waals surface area (Å²) < 4.78 is 0. The van der Waals surface area contributed by atoms with Gasteiger partial charge in [-0.15, -0.1) is 11.6 Å². The molecule has 0 aromatic heterocycles. The molecular formula is C15H24N-. The lowest BCUT2D eigenvalue weighted by Crippen LogP contribution is -2.04. The molecule has 0 unspecified atom stereocenters. The van der Waals surface area contributed by atoms with Gasteiger partial charge in [0, 0.05) is 0 Å². The van der Waals surface area contributed by atoms with Crippen molar-refractivity contribution in [1.29, 1.82) is 0 Å². The van der Waals surface area contributed by atoms with Gasteiger partial charge in [-0.1, -0.05) is 46.7 Å². The van der Waals surface area contributed by atoms with Crippen LogP contribution in [-0.4, -0.2) is 6.21 Å². The molecule has 0 aromatic rings. The van der Waals surface area contributed by atoms with Crippen LogP contribution in [0.3, 0.4) is 0 Å². The maximum Gasteiger partial charge on any atom is -0.0171 e. The predicted octanol–water partition coefficient (Wildman–Crippen LogP) is 4.71. The van der Waals surface area contributed by atoms with E-state index in [1.54, 1.807) is 0 Å². The molecule has 0 spiro atoms. The van der Waals surface area contributed by atoms with Crippen molar-refractivity contribution < 1.29 is 0 Å². The molecule has 0 radical (unpaired) electrons. The molecule has 0 aromatic carbocycles. The lowest BCUT2D eigenvalue weighted by Gasteiger charge is -2.24. The Morgan fingerprint density at radius 3 is 2.62 bits per heavy atom. The summed E-state index contributed by atoms with van der Waals surface area (Å²) in [6.07, 6.45) is 9.86. The van der Waals surface area contributed by atoms with Crippen LogP contribution in [0.5, 0.6) is 0 Å². The number of allylic oxidation sites excluding steroid dienone is 3. The monoisotopic (exact) mass is 218 g/mol. The van der Waals surface area contributed by atoms with E-state index in [2.05, 4.69) is 58.3 Å². The molecule has 1 rings (SSSR count). The Hall–Kier alpha value is -0.980. The number of nitrogens with zero attached hydrogens (tertiary/aromatic N) is 1. The highest BCUT2D eigenvalue weighted by Crippen LogP contribution is 2.25. The summed E-state index contributed by atoms with van der Waals surface area (Å²) in [6, 6.07) is 0. The second-order valence-electron chi connectivity index (χ2n) is 5.77. The molecule has 0 atom stereocenters. The van der Waals surface area contributed by atoms with Crippen molar-refractivity contribution in [1.82, 2.24) is 0 Å². The van der Waals surface area contributed by atoms with E-state index in [1.807, 2.05) is 0 Å². The Morgan fingerprint density at radius 1 is 1.38 bits per heavy atom. The molecule has 1 aliphatic carbocycles. The first-order valence-electron chi connectivity index (χ1n) is 6.14. The Labute approximate surface area is 100 Å². The van der Waals surface area contributed by atoms with Gasteiger partial charge in [-0.3, -0.25) is 0 Å². The van der Waals surface area contributed by atoms with E-state index in [0.717, 1.165) is 12.8 Å². The van der Waals surface area contributed by atoms with Crippen LogP contribution in [0.15, 0.2) is 27.9 Å². The minimum Gasteiger partial charge on any atom is -0.355 e. The van der Waals surface area contributed by atoms with Gasteiger partial charge in [-0.2, -0.15) is 5.57 Å². The van der Waals surface area contributed by atoms with Gasteiger partial charge in [0.1, 0.15) is 0 Å². The highest BCUT2D eigenvalue weighted by Gasteiger charge is 2.07. The van der Waals surface area contributed by atoms with Crippen LogP contribution >= 0.6 is 0 Å². The van der Waals surface area contributed by atoms with Crippen LogP contribution in [0.4, 0.5) is 0 Å². The fraction of sp³-hybridized carbons (Fsp3) is 0.600. The molecule has 1 aliphatic rings. The Balaban J connectivity index is 2.54. The summed E-state index contributed by atoms with van der Waals surface area (Å²) in [7, 11) is 0. The summed E-state index contributed by atoms with van der Waals surface area (Å²) >= 11 is 0. The van der Waals surface area contributed by atoms with E-state index in [0.29, 0.717) is 5.41 Å². The Morgan fingerprint density at radius 2 is 2.06 bits per heavy atom. The van der Waals surface area contributed by atoms with Crippen molar-refractivity contribution >= 4 is 6.21 Å². The zero-order chi connectivity index (χ0) is 12.2. The van der Waals surface area contributed by atoms with Gasteiger partial charge in [0.05, 0.1) is 0 Å². The smallest absolute Gasteiger partial charge is 0.0171 e. The third kappa shape index (κ3) is 4.26. The fourth-order valence-corrected chi connectivity index (χ4v) is 1.77. The number of hydrogen-bond donors (Lipinski definition) is 0. The fourth-order valence-electron chi connectivity index (χ4n) is 1.77. The number of rotatable bonds is 3. The van der Waals surface area contributed by atoms with Gasteiger partial charge >= 0.3 is 0 Å². The molecule has 0 amide bonds. The molecule has 0 fully saturated rings. The third-order valence-corrected chi connectivity index (χ3v) is 2.84. The van der Waals surface area contributed by atoms with Crippen molar-refractivity contribution in [2.45, 2.75) is 53.9 Å². The highest BCUT2D eigenvalue weighted by molar-refractivity contribution is 5.61. The SMILES string of the molecule is CC1=CC[CH-]C(C)=C1N=CCCC(C)(C)C. The standard InChI is InChI=1S/C15H24N/c1-12-8-6-9-13(2)14(12)16-11-7-10-15(3,4)5/h8-9,11H,6-7,10H2,1-5H3/q-1. The first-order chi connectivity index (χ1) is 7.40. The summed E-state index contributed by atoms with van der Waals surface area (Å²) in [5.74, 6) is 0. The Kier molecular flexibility index (Phi) is 4.40. The minimum absolute atomic E-state index is 0.402. The minimum atomic E-state index is 0.402. The second-order valence-corrected chi connectivity index (χ2v) is 5.77. The molecule has 1 nitrogen and oxygen atoms in total. The topological polar surface area (TPSA) is 12.4 Å². The second kappa shape index (κ2) is 5.38. The molecule has 0 saturated heterocycles. The molecule has 90 valence electrons. The van der Waals surface area contributed by atoms with Crippen LogP contribution in [0, 0.1) is 11.8 Å². The first-order valence-corrected chi connectivity index (χ1v) is 6.14. The zero-order valence-corrected chi connectivity index (χ0v) is 11.3. The van der Waals surface area contributed by atoms with Gasteiger partial charge in [0.25, 0.3) is 0 Å². The largest absolute Gasteiger partial charge is 0.355 e. The Bertz CT molecular complexity index is 324. The normalized spacial score (nSPS) is 17.7. The molecule has 1 heteroatoms. The molecule has 0 heterocycles. The number of hydrogen-bond acceptors (Lipinski definition) is 1. The quantitative estimate of drug-likeness (QED) is 0.480. The molecular weight excluding hydrogens is 194 g/mol. The van der Waals surface area contributed by atoms with Crippen LogP contribution in [0.1, 0.15) is 53.9 Å². The maximum absolute atomic E-state index is 4.60. The van der Waals surface area contributed by atoms with E-state index < -0.39 is 0 Å². The summed E-state index contributed by atoms with van der Waals surface area (Å²) in [5.41, 5.74) is 4.19. The summed E-state index contributed by atoms with van der Waals surface area (Å²) in [4.78, 5) is 4.60. The average molecular weight is 218 g/mol. The predicted molar refractivity (Wildman–Crippen MR) is 72.6 cm³/mol. The van der Waals surface area contributed by atoms with Crippen molar-refractivity contribution in [3.05, 3.63) is 29.3 Å². The van der Waals surface area contributed by atoms with Gasteiger partial charge in [0.2, 0.25) is 0 Å². The van der Waals surface area contributed by atoms with Crippen molar-refractivity contribution in [3.63, 3.8) is 0 Å². The van der Waals surface area contributed by atoms with Gasteiger partial charge in [-0.05, 0) is 24.5 Å². The van der Waals surface area contributed by atoms with Crippen LogP contribution in [0.2, 0.25) is 0 Å². The van der Waals surface area contributed by atoms with Crippen molar-refractivity contribution in [2.75, 3.05) is 0 Å². The van der Waals surface area contributed by atoms with E-state index >= 15 is 0 Å². The lowest BCUT2D eigenvalue weighted by atomic mass is 9.91.